The van der Waals surface area contributed by atoms with Crippen LogP contribution in [0.4, 0.5) is 5.13 Å². The lowest BCUT2D eigenvalue weighted by Gasteiger charge is -2.23. The molecule has 0 spiro atoms. The van der Waals surface area contributed by atoms with E-state index in [-0.39, 0.29) is 11.3 Å². The molecule has 1 saturated heterocycles. The van der Waals surface area contributed by atoms with E-state index in [9.17, 15) is 14.7 Å². The van der Waals surface area contributed by atoms with E-state index in [1.54, 1.807) is 48.0 Å². The van der Waals surface area contributed by atoms with Gasteiger partial charge >= 0.3 is 5.91 Å². The van der Waals surface area contributed by atoms with Crippen LogP contribution in [0.5, 0.6) is 5.75 Å². The molecule has 0 saturated carbocycles. The standard InChI is InChI=1S/C23H17BrN2O4S/c1-2-11-30-17-8-6-14(7-9-17)20(27)18-19(15-4-3-5-16(24)13-15)26(22(29)21(18)28)23-25-10-12-31-23/h2-10,12-13,19,27H,1,11H2/b20-18+. The number of anilines is 1. The molecular formula is C23H17BrN2O4S. The maximum absolute atomic E-state index is 13.0. The van der Waals surface area contributed by atoms with E-state index >= 15 is 0 Å². The summed E-state index contributed by atoms with van der Waals surface area (Å²) in [6, 6.07) is 13.1. The highest BCUT2D eigenvalue weighted by atomic mass is 79.9. The fraction of sp³-hybridized carbons (Fsp3) is 0.0870. The van der Waals surface area contributed by atoms with Gasteiger partial charge in [0.15, 0.2) is 5.13 Å². The lowest BCUT2D eigenvalue weighted by Crippen LogP contribution is -2.29. The maximum Gasteiger partial charge on any atom is 0.301 e. The van der Waals surface area contributed by atoms with Gasteiger partial charge in [0, 0.05) is 21.6 Å². The summed E-state index contributed by atoms with van der Waals surface area (Å²) in [5, 5.41) is 13.2. The number of amides is 1. The second-order valence-electron chi connectivity index (χ2n) is 6.66. The van der Waals surface area contributed by atoms with Gasteiger partial charge in [0.1, 0.15) is 18.1 Å². The van der Waals surface area contributed by atoms with Crippen molar-refractivity contribution in [2.45, 2.75) is 6.04 Å². The van der Waals surface area contributed by atoms with Crippen molar-refractivity contribution in [3.63, 3.8) is 0 Å². The minimum absolute atomic E-state index is 0.0121. The molecule has 1 unspecified atom stereocenters. The molecule has 1 fully saturated rings. The average molecular weight is 497 g/mol. The van der Waals surface area contributed by atoms with Crippen molar-refractivity contribution in [1.82, 2.24) is 4.98 Å². The number of hydrogen-bond donors (Lipinski definition) is 1. The molecule has 2 heterocycles. The van der Waals surface area contributed by atoms with Crippen LogP contribution in [0.3, 0.4) is 0 Å². The third-order valence-electron chi connectivity index (χ3n) is 4.73. The zero-order valence-corrected chi connectivity index (χ0v) is 18.6. The average Bonchev–Trinajstić information content (AvgIpc) is 3.39. The molecule has 0 aliphatic carbocycles. The zero-order valence-electron chi connectivity index (χ0n) is 16.2. The van der Waals surface area contributed by atoms with E-state index in [0.29, 0.717) is 28.6 Å². The van der Waals surface area contributed by atoms with Crippen LogP contribution < -0.4 is 9.64 Å². The van der Waals surface area contributed by atoms with Gasteiger partial charge in [0.05, 0.1) is 11.6 Å². The Morgan fingerprint density at radius 1 is 1.26 bits per heavy atom. The predicted molar refractivity (Wildman–Crippen MR) is 123 cm³/mol. The topological polar surface area (TPSA) is 79.7 Å². The van der Waals surface area contributed by atoms with Crippen LogP contribution in [0.1, 0.15) is 17.2 Å². The zero-order chi connectivity index (χ0) is 22.0. The number of ether oxygens (including phenoxy) is 1. The fourth-order valence-corrected chi connectivity index (χ4v) is 4.46. The molecule has 1 aliphatic rings. The first kappa shape index (κ1) is 21.0. The molecule has 2 aromatic carbocycles. The number of nitrogens with zero attached hydrogens (tertiary/aromatic N) is 2. The van der Waals surface area contributed by atoms with Crippen LogP contribution in [0.2, 0.25) is 0 Å². The first-order chi connectivity index (χ1) is 15.0. The largest absolute Gasteiger partial charge is 0.507 e. The quantitative estimate of drug-likeness (QED) is 0.222. The summed E-state index contributed by atoms with van der Waals surface area (Å²) < 4.78 is 6.26. The van der Waals surface area contributed by atoms with Gasteiger partial charge in [0.2, 0.25) is 0 Å². The molecule has 6 nitrogen and oxygen atoms in total. The molecular weight excluding hydrogens is 480 g/mol. The molecule has 1 amide bonds. The Balaban J connectivity index is 1.84. The van der Waals surface area contributed by atoms with E-state index in [2.05, 4.69) is 27.5 Å². The smallest absolute Gasteiger partial charge is 0.301 e. The SMILES string of the molecule is C=CCOc1ccc(/C(O)=C2\C(=O)C(=O)N(c3nccs3)C2c2cccc(Br)c2)cc1. The number of aliphatic hydroxyl groups excluding tert-OH is 1. The number of aromatic nitrogens is 1. The molecule has 0 radical (unpaired) electrons. The monoisotopic (exact) mass is 496 g/mol. The van der Waals surface area contributed by atoms with E-state index in [4.69, 9.17) is 4.74 Å². The van der Waals surface area contributed by atoms with Gasteiger partial charge in [-0.1, -0.05) is 40.7 Å². The first-order valence-corrected chi connectivity index (χ1v) is 11.0. The highest BCUT2D eigenvalue weighted by Crippen LogP contribution is 2.43. The number of halogens is 1. The van der Waals surface area contributed by atoms with Crippen LogP contribution in [0, 0.1) is 0 Å². The van der Waals surface area contributed by atoms with Crippen molar-refractivity contribution in [2.24, 2.45) is 0 Å². The number of carbonyl (C=O) groups excluding carboxylic acids is 2. The van der Waals surface area contributed by atoms with Gasteiger partial charge in [-0.2, -0.15) is 0 Å². The van der Waals surface area contributed by atoms with Gasteiger partial charge in [0.25, 0.3) is 5.78 Å². The molecule has 156 valence electrons. The van der Waals surface area contributed by atoms with E-state index in [0.717, 1.165) is 4.47 Å². The summed E-state index contributed by atoms with van der Waals surface area (Å²) in [4.78, 5) is 31.5. The lowest BCUT2D eigenvalue weighted by molar-refractivity contribution is -0.132. The summed E-state index contributed by atoms with van der Waals surface area (Å²) in [7, 11) is 0. The number of rotatable bonds is 6. The van der Waals surface area contributed by atoms with Crippen molar-refractivity contribution in [1.29, 1.82) is 0 Å². The number of ketones is 1. The van der Waals surface area contributed by atoms with Crippen LogP contribution in [0.15, 0.2) is 82.8 Å². The minimum atomic E-state index is -0.805. The molecule has 31 heavy (non-hydrogen) atoms. The predicted octanol–water partition coefficient (Wildman–Crippen LogP) is 5.10. The molecule has 1 atom stereocenters. The Labute approximate surface area is 191 Å². The van der Waals surface area contributed by atoms with Gasteiger partial charge < -0.3 is 9.84 Å². The van der Waals surface area contributed by atoms with Gasteiger partial charge in [-0.15, -0.1) is 11.3 Å². The van der Waals surface area contributed by atoms with Crippen LogP contribution in [-0.4, -0.2) is 28.4 Å². The molecule has 1 aromatic heterocycles. The van der Waals surface area contributed by atoms with E-state index < -0.39 is 17.7 Å². The Bertz CT molecular complexity index is 1170. The number of aliphatic hydroxyl groups is 1. The lowest BCUT2D eigenvalue weighted by atomic mass is 9.95. The summed E-state index contributed by atoms with van der Waals surface area (Å²) in [5.41, 5.74) is 1.09. The van der Waals surface area contributed by atoms with Crippen molar-refractivity contribution >= 4 is 49.8 Å². The van der Waals surface area contributed by atoms with Crippen molar-refractivity contribution in [3.05, 3.63) is 93.9 Å². The molecule has 0 bridgehead atoms. The molecule has 3 aromatic rings. The van der Waals surface area contributed by atoms with Crippen LogP contribution in [0.25, 0.3) is 5.76 Å². The Hall–Kier alpha value is -3.23. The fourth-order valence-electron chi connectivity index (χ4n) is 3.38. The second kappa shape index (κ2) is 8.87. The molecule has 1 aliphatic heterocycles. The molecule has 4 rings (SSSR count). The highest BCUT2D eigenvalue weighted by Gasteiger charge is 2.48. The normalized spacial score (nSPS) is 17.7. The van der Waals surface area contributed by atoms with Crippen LogP contribution >= 0.6 is 27.3 Å². The summed E-state index contributed by atoms with van der Waals surface area (Å²) in [6.45, 7) is 3.96. The Morgan fingerprint density at radius 2 is 2.03 bits per heavy atom. The van der Waals surface area contributed by atoms with Crippen molar-refractivity contribution in [3.8, 4) is 5.75 Å². The second-order valence-corrected chi connectivity index (χ2v) is 8.45. The Morgan fingerprint density at radius 3 is 2.68 bits per heavy atom. The highest BCUT2D eigenvalue weighted by molar-refractivity contribution is 9.10. The molecule has 8 heteroatoms. The number of thiazole rings is 1. The van der Waals surface area contributed by atoms with Crippen LogP contribution in [-0.2, 0) is 9.59 Å². The van der Waals surface area contributed by atoms with E-state index in [1.807, 2.05) is 18.2 Å². The molecule has 1 N–H and O–H groups in total. The number of hydrogen-bond acceptors (Lipinski definition) is 6. The summed E-state index contributed by atoms with van der Waals surface area (Å²) in [6.07, 6.45) is 3.20. The summed E-state index contributed by atoms with van der Waals surface area (Å²) in [5.74, 6) is -1.14. The van der Waals surface area contributed by atoms with Gasteiger partial charge in [-0.05, 0) is 42.0 Å². The number of benzene rings is 2. The summed E-state index contributed by atoms with van der Waals surface area (Å²) >= 11 is 4.69. The maximum atomic E-state index is 13.0. The third kappa shape index (κ3) is 4.04. The number of carbonyl (C=O) groups is 2. The number of Topliss-reactive ketones (excluding diaryl/α,β-unsaturated/α-hetero) is 1. The van der Waals surface area contributed by atoms with Gasteiger partial charge in [-0.3, -0.25) is 14.5 Å². The minimum Gasteiger partial charge on any atom is -0.507 e. The van der Waals surface area contributed by atoms with Gasteiger partial charge in [-0.25, -0.2) is 4.98 Å². The third-order valence-corrected chi connectivity index (χ3v) is 5.99. The van der Waals surface area contributed by atoms with Crippen molar-refractivity contribution < 1.29 is 19.4 Å². The first-order valence-electron chi connectivity index (χ1n) is 9.31. The van der Waals surface area contributed by atoms with E-state index in [1.165, 1.54) is 16.2 Å². The van der Waals surface area contributed by atoms with Crippen molar-refractivity contribution in [2.75, 3.05) is 11.5 Å². The Kier molecular flexibility index (Phi) is 6.01.